The SMILES string of the molecule is CCNC(=O)c1ccccc1NC(=O)c1ccccc1F. The molecule has 2 amide bonds. The number of nitrogens with one attached hydrogen (secondary N) is 2. The third-order valence-electron chi connectivity index (χ3n) is 2.88. The normalized spacial score (nSPS) is 10.0. The molecule has 4 nitrogen and oxygen atoms in total. The maximum atomic E-state index is 13.6. The topological polar surface area (TPSA) is 58.2 Å². The molecule has 0 aromatic heterocycles. The highest BCUT2D eigenvalue weighted by molar-refractivity contribution is 6.09. The van der Waals surface area contributed by atoms with E-state index < -0.39 is 11.7 Å². The van der Waals surface area contributed by atoms with Gasteiger partial charge < -0.3 is 10.6 Å². The average molecular weight is 286 g/mol. The molecule has 108 valence electrons. The largest absolute Gasteiger partial charge is 0.352 e. The van der Waals surface area contributed by atoms with Crippen LogP contribution in [0, 0.1) is 5.82 Å². The van der Waals surface area contributed by atoms with Gasteiger partial charge in [0.25, 0.3) is 11.8 Å². The molecule has 0 bridgehead atoms. The van der Waals surface area contributed by atoms with Gasteiger partial charge in [-0.25, -0.2) is 4.39 Å². The maximum Gasteiger partial charge on any atom is 0.258 e. The van der Waals surface area contributed by atoms with E-state index in [9.17, 15) is 14.0 Å². The van der Waals surface area contributed by atoms with Crippen LogP contribution in [0.4, 0.5) is 10.1 Å². The summed E-state index contributed by atoms with van der Waals surface area (Å²) in [6.07, 6.45) is 0. The van der Waals surface area contributed by atoms with E-state index in [1.54, 1.807) is 37.3 Å². The van der Waals surface area contributed by atoms with Crippen LogP contribution in [-0.2, 0) is 0 Å². The Morgan fingerprint density at radius 1 is 0.952 bits per heavy atom. The standard InChI is InChI=1S/C16H15FN2O2/c1-2-18-15(20)12-8-4-6-10-14(12)19-16(21)11-7-3-5-9-13(11)17/h3-10H,2H2,1H3,(H,18,20)(H,19,21). The predicted molar refractivity (Wildman–Crippen MR) is 78.8 cm³/mol. The molecule has 0 saturated heterocycles. The van der Waals surface area contributed by atoms with Crippen LogP contribution in [0.25, 0.3) is 0 Å². The molecular weight excluding hydrogens is 271 g/mol. The average Bonchev–Trinajstić information content (AvgIpc) is 2.48. The van der Waals surface area contributed by atoms with Crippen LogP contribution < -0.4 is 10.6 Å². The van der Waals surface area contributed by atoms with Crippen molar-refractivity contribution in [3.8, 4) is 0 Å². The number of carbonyl (C=O) groups is 2. The summed E-state index contributed by atoms with van der Waals surface area (Å²) in [4.78, 5) is 24.0. The molecule has 0 aliphatic heterocycles. The van der Waals surface area contributed by atoms with Gasteiger partial charge in [0.15, 0.2) is 0 Å². The molecule has 21 heavy (non-hydrogen) atoms. The number of rotatable bonds is 4. The predicted octanol–water partition coefficient (Wildman–Crippen LogP) is 2.83. The highest BCUT2D eigenvalue weighted by atomic mass is 19.1. The number of halogens is 1. The zero-order chi connectivity index (χ0) is 15.2. The Hall–Kier alpha value is -2.69. The van der Waals surface area contributed by atoms with Gasteiger partial charge >= 0.3 is 0 Å². The van der Waals surface area contributed by atoms with Gasteiger partial charge in [-0.2, -0.15) is 0 Å². The second kappa shape index (κ2) is 6.65. The first kappa shape index (κ1) is 14.7. The lowest BCUT2D eigenvalue weighted by Crippen LogP contribution is -2.25. The molecule has 0 spiro atoms. The quantitative estimate of drug-likeness (QED) is 0.908. The lowest BCUT2D eigenvalue weighted by Gasteiger charge is -2.11. The molecular formula is C16H15FN2O2. The number of hydrogen-bond donors (Lipinski definition) is 2. The Bertz CT molecular complexity index is 671. The van der Waals surface area contributed by atoms with Crippen molar-refractivity contribution >= 4 is 17.5 Å². The summed E-state index contributed by atoms with van der Waals surface area (Å²) in [5.74, 6) is -1.49. The van der Waals surface area contributed by atoms with Crippen molar-refractivity contribution in [2.24, 2.45) is 0 Å². The molecule has 0 aliphatic carbocycles. The van der Waals surface area contributed by atoms with E-state index in [0.717, 1.165) is 0 Å². The Morgan fingerprint density at radius 3 is 2.24 bits per heavy atom. The fourth-order valence-corrected chi connectivity index (χ4v) is 1.88. The summed E-state index contributed by atoms with van der Waals surface area (Å²) in [6, 6.07) is 12.3. The first-order chi connectivity index (χ1) is 10.1. The first-order valence-electron chi connectivity index (χ1n) is 6.56. The second-order valence-electron chi connectivity index (χ2n) is 4.34. The Labute approximate surface area is 122 Å². The Balaban J connectivity index is 2.26. The van der Waals surface area contributed by atoms with E-state index in [2.05, 4.69) is 10.6 Å². The van der Waals surface area contributed by atoms with Crippen molar-refractivity contribution in [1.29, 1.82) is 0 Å². The first-order valence-corrected chi connectivity index (χ1v) is 6.56. The van der Waals surface area contributed by atoms with Gasteiger partial charge in [0, 0.05) is 6.54 Å². The lowest BCUT2D eigenvalue weighted by molar-refractivity contribution is 0.0956. The van der Waals surface area contributed by atoms with Crippen LogP contribution >= 0.6 is 0 Å². The van der Waals surface area contributed by atoms with Gasteiger partial charge in [0.1, 0.15) is 5.82 Å². The van der Waals surface area contributed by atoms with Crippen LogP contribution in [0.1, 0.15) is 27.6 Å². The minimum absolute atomic E-state index is 0.0665. The van der Waals surface area contributed by atoms with E-state index >= 15 is 0 Å². The summed E-state index contributed by atoms with van der Waals surface area (Å²) in [5, 5.41) is 5.23. The molecule has 0 aliphatic rings. The van der Waals surface area contributed by atoms with Gasteiger partial charge in [0.05, 0.1) is 16.8 Å². The van der Waals surface area contributed by atoms with Crippen molar-refractivity contribution in [2.45, 2.75) is 6.92 Å². The zero-order valence-electron chi connectivity index (χ0n) is 11.5. The number of anilines is 1. The summed E-state index contributed by atoms with van der Waals surface area (Å²) in [7, 11) is 0. The van der Waals surface area contributed by atoms with Gasteiger partial charge in [-0.15, -0.1) is 0 Å². The number of para-hydroxylation sites is 1. The smallest absolute Gasteiger partial charge is 0.258 e. The third kappa shape index (κ3) is 3.45. The van der Waals surface area contributed by atoms with E-state index in [4.69, 9.17) is 0 Å². The molecule has 0 unspecified atom stereocenters. The van der Waals surface area contributed by atoms with Gasteiger partial charge in [-0.3, -0.25) is 9.59 Å². The van der Waals surface area contributed by atoms with E-state index in [-0.39, 0.29) is 11.5 Å². The van der Waals surface area contributed by atoms with Crippen molar-refractivity contribution < 1.29 is 14.0 Å². The van der Waals surface area contributed by atoms with Crippen LogP contribution in [0.2, 0.25) is 0 Å². The monoisotopic (exact) mass is 286 g/mol. The highest BCUT2D eigenvalue weighted by Crippen LogP contribution is 2.17. The van der Waals surface area contributed by atoms with Crippen molar-refractivity contribution in [3.63, 3.8) is 0 Å². The zero-order valence-corrected chi connectivity index (χ0v) is 11.5. The number of carbonyl (C=O) groups excluding carboxylic acids is 2. The van der Waals surface area contributed by atoms with Crippen molar-refractivity contribution in [1.82, 2.24) is 5.32 Å². The van der Waals surface area contributed by atoms with Gasteiger partial charge in [0.2, 0.25) is 0 Å². The van der Waals surface area contributed by atoms with Crippen LogP contribution in [0.3, 0.4) is 0 Å². The Kier molecular flexibility index (Phi) is 4.66. The number of amides is 2. The molecule has 0 fully saturated rings. The summed E-state index contributed by atoms with van der Waals surface area (Å²) in [5.41, 5.74) is 0.615. The molecule has 5 heteroatoms. The fourth-order valence-electron chi connectivity index (χ4n) is 1.88. The lowest BCUT2D eigenvalue weighted by atomic mass is 10.1. The summed E-state index contributed by atoms with van der Waals surface area (Å²) >= 11 is 0. The molecule has 2 aromatic rings. The highest BCUT2D eigenvalue weighted by Gasteiger charge is 2.15. The number of benzene rings is 2. The van der Waals surface area contributed by atoms with Crippen LogP contribution in [0.5, 0.6) is 0 Å². The van der Waals surface area contributed by atoms with E-state index in [1.807, 2.05) is 0 Å². The molecule has 0 radical (unpaired) electrons. The van der Waals surface area contributed by atoms with E-state index in [0.29, 0.717) is 17.8 Å². The van der Waals surface area contributed by atoms with Crippen molar-refractivity contribution in [3.05, 3.63) is 65.5 Å². The molecule has 0 saturated carbocycles. The van der Waals surface area contributed by atoms with Crippen LogP contribution in [0.15, 0.2) is 48.5 Å². The van der Waals surface area contributed by atoms with Crippen molar-refractivity contribution in [2.75, 3.05) is 11.9 Å². The molecule has 0 atom stereocenters. The summed E-state index contributed by atoms with van der Waals surface area (Å²) in [6.45, 7) is 2.28. The third-order valence-corrected chi connectivity index (χ3v) is 2.88. The molecule has 0 heterocycles. The minimum atomic E-state index is -0.606. The Morgan fingerprint density at radius 2 is 1.57 bits per heavy atom. The van der Waals surface area contributed by atoms with Gasteiger partial charge in [-0.1, -0.05) is 24.3 Å². The van der Waals surface area contributed by atoms with E-state index in [1.165, 1.54) is 18.2 Å². The summed E-state index contributed by atoms with van der Waals surface area (Å²) < 4.78 is 13.6. The fraction of sp³-hybridized carbons (Fsp3) is 0.125. The molecule has 2 rings (SSSR count). The second-order valence-corrected chi connectivity index (χ2v) is 4.34. The molecule has 2 N–H and O–H groups in total. The molecule has 2 aromatic carbocycles. The van der Waals surface area contributed by atoms with Gasteiger partial charge in [-0.05, 0) is 31.2 Å². The van der Waals surface area contributed by atoms with Crippen LogP contribution in [-0.4, -0.2) is 18.4 Å². The minimum Gasteiger partial charge on any atom is -0.352 e. The number of hydrogen-bond acceptors (Lipinski definition) is 2. The maximum absolute atomic E-state index is 13.6.